The molecule has 0 fully saturated rings. The highest BCUT2D eigenvalue weighted by atomic mass is 32.1. The van der Waals surface area contributed by atoms with Crippen LogP contribution in [0.1, 0.15) is 22.0 Å². The maximum atomic E-state index is 5.93. The van der Waals surface area contributed by atoms with Crippen LogP contribution in [0.5, 0.6) is 5.75 Å². The lowest BCUT2D eigenvalue weighted by Crippen LogP contribution is -1.98. The van der Waals surface area contributed by atoms with Gasteiger partial charge in [-0.2, -0.15) is 0 Å². The fraction of sp³-hybridized carbons (Fsp3) is 0.0435. The monoisotopic (exact) mass is 412 g/mol. The van der Waals surface area contributed by atoms with Crippen molar-refractivity contribution in [2.24, 2.45) is 0 Å². The summed E-state index contributed by atoms with van der Waals surface area (Å²) < 4.78 is 11.4. The molecule has 0 aliphatic heterocycles. The molecule has 0 aliphatic carbocycles. The molecular formula is C23H16N4O2S. The predicted octanol–water partition coefficient (Wildman–Crippen LogP) is 5.24. The molecule has 7 heteroatoms. The Balaban J connectivity index is 1.35. The Morgan fingerprint density at radius 1 is 1.03 bits per heavy atom. The van der Waals surface area contributed by atoms with Gasteiger partial charge in [-0.15, -0.1) is 21.5 Å². The predicted molar refractivity (Wildman–Crippen MR) is 116 cm³/mol. The van der Waals surface area contributed by atoms with Gasteiger partial charge in [0.2, 0.25) is 12.3 Å². The fourth-order valence-electron chi connectivity index (χ4n) is 3.07. The summed E-state index contributed by atoms with van der Waals surface area (Å²) in [4.78, 5) is 9.77. The zero-order valence-corrected chi connectivity index (χ0v) is 16.6. The van der Waals surface area contributed by atoms with E-state index in [4.69, 9.17) is 9.15 Å². The zero-order valence-electron chi connectivity index (χ0n) is 15.8. The molecule has 3 heterocycles. The number of ether oxygens (including phenoxy) is 1. The van der Waals surface area contributed by atoms with E-state index in [-0.39, 0.29) is 0 Å². The molecule has 0 radical (unpaired) electrons. The number of para-hydroxylation sites is 1. The Bertz CT molecular complexity index is 1280. The first-order valence-electron chi connectivity index (χ1n) is 9.30. The first-order chi connectivity index (χ1) is 14.8. The van der Waals surface area contributed by atoms with Gasteiger partial charge in [-0.3, -0.25) is 4.98 Å². The molecule has 0 unspecified atom stereocenters. The highest BCUT2D eigenvalue weighted by molar-refractivity contribution is 7.10. The van der Waals surface area contributed by atoms with Crippen LogP contribution in [0.2, 0.25) is 0 Å². The Kier molecular flexibility index (Phi) is 5.01. The zero-order chi connectivity index (χ0) is 20.2. The Morgan fingerprint density at radius 2 is 1.93 bits per heavy atom. The normalized spacial score (nSPS) is 11.7. The van der Waals surface area contributed by atoms with Crippen molar-refractivity contribution in [1.82, 2.24) is 20.2 Å². The summed E-state index contributed by atoms with van der Waals surface area (Å²) >= 11 is 1.54. The number of hydrogen-bond donors (Lipinski definition) is 0. The second-order valence-electron chi connectivity index (χ2n) is 6.51. The van der Waals surface area contributed by atoms with Gasteiger partial charge in [0.15, 0.2) is 0 Å². The van der Waals surface area contributed by atoms with Crippen molar-refractivity contribution in [2.45, 2.75) is 6.61 Å². The van der Waals surface area contributed by atoms with Crippen LogP contribution in [0, 0.1) is 0 Å². The smallest absolute Gasteiger partial charge is 0.248 e. The maximum Gasteiger partial charge on any atom is 0.248 e. The summed E-state index contributed by atoms with van der Waals surface area (Å²) in [5.41, 5.74) is 5.42. The van der Waals surface area contributed by atoms with Crippen molar-refractivity contribution < 1.29 is 9.15 Å². The number of thiazole rings is 1. The molecular weight excluding hydrogens is 396 g/mol. The van der Waals surface area contributed by atoms with Crippen molar-refractivity contribution in [1.29, 1.82) is 0 Å². The minimum absolute atomic E-state index is 0.400. The summed E-state index contributed by atoms with van der Waals surface area (Å²) in [6, 6.07) is 19.9. The molecule has 3 aromatic heterocycles. The van der Waals surface area contributed by atoms with Gasteiger partial charge in [0.1, 0.15) is 12.4 Å². The molecule has 0 atom stereocenters. The molecule has 0 spiro atoms. The first kappa shape index (κ1) is 18.2. The summed E-state index contributed by atoms with van der Waals surface area (Å²) in [5.74, 6) is 1.22. The minimum atomic E-state index is 0.400. The largest absolute Gasteiger partial charge is 0.487 e. The molecule has 0 aliphatic rings. The van der Waals surface area contributed by atoms with Crippen LogP contribution in [0.3, 0.4) is 0 Å². The lowest BCUT2D eigenvalue weighted by Gasteiger charge is -2.08. The Labute approximate surface area is 176 Å². The number of pyridine rings is 1. The van der Waals surface area contributed by atoms with Crippen molar-refractivity contribution in [2.75, 3.05) is 0 Å². The van der Waals surface area contributed by atoms with Crippen molar-refractivity contribution >= 4 is 33.9 Å². The number of aromatic nitrogens is 4. The van der Waals surface area contributed by atoms with Gasteiger partial charge in [0.05, 0.1) is 16.7 Å². The average Bonchev–Trinajstić information content (AvgIpc) is 3.51. The van der Waals surface area contributed by atoms with E-state index in [9.17, 15) is 0 Å². The average molecular weight is 412 g/mol. The van der Waals surface area contributed by atoms with Crippen LogP contribution in [-0.4, -0.2) is 20.2 Å². The van der Waals surface area contributed by atoms with E-state index in [1.165, 1.54) is 6.39 Å². The summed E-state index contributed by atoms with van der Waals surface area (Å²) in [7, 11) is 0. The number of rotatable bonds is 6. The number of nitrogens with zero attached hydrogens (tertiary/aromatic N) is 4. The maximum absolute atomic E-state index is 5.93. The lowest BCUT2D eigenvalue weighted by atomic mass is 10.1. The van der Waals surface area contributed by atoms with Gasteiger partial charge in [0, 0.05) is 22.0 Å². The van der Waals surface area contributed by atoms with Crippen LogP contribution in [0.4, 0.5) is 0 Å². The molecule has 0 saturated heterocycles. The van der Waals surface area contributed by atoms with E-state index >= 15 is 0 Å². The SMILES string of the molecule is C(=C(c1ccc(OCc2ccc3ccccc3n2)cc1)c1nnco1)c1cncs1. The van der Waals surface area contributed by atoms with Crippen LogP contribution in [0.25, 0.3) is 22.6 Å². The first-order valence-corrected chi connectivity index (χ1v) is 10.2. The van der Waals surface area contributed by atoms with Gasteiger partial charge >= 0.3 is 0 Å². The van der Waals surface area contributed by atoms with E-state index in [0.717, 1.165) is 38.4 Å². The van der Waals surface area contributed by atoms with E-state index in [1.807, 2.05) is 60.7 Å². The summed E-state index contributed by atoms with van der Waals surface area (Å²) in [6.45, 7) is 0.400. The second kappa shape index (κ2) is 8.26. The number of hydrogen-bond acceptors (Lipinski definition) is 7. The van der Waals surface area contributed by atoms with Crippen LogP contribution in [0.15, 0.2) is 83.2 Å². The van der Waals surface area contributed by atoms with E-state index < -0.39 is 0 Å². The van der Waals surface area contributed by atoms with Gasteiger partial charge < -0.3 is 9.15 Å². The third-order valence-electron chi connectivity index (χ3n) is 4.54. The third kappa shape index (κ3) is 3.97. The summed E-state index contributed by atoms with van der Waals surface area (Å²) in [6.07, 6.45) is 5.11. The fourth-order valence-corrected chi connectivity index (χ4v) is 3.63. The van der Waals surface area contributed by atoms with Crippen molar-refractivity contribution in [3.8, 4) is 5.75 Å². The van der Waals surface area contributed by atoms with E-state index in [2.05, 4.69) is 26.2 Å². The second-order valence-corrected chi connectivity index (χ2v) is 7.43. The summed E-state index contributed by atoms with van der Waals surface area (Å²) in [5, 5.41) is 8.97. The minimum Gasteiger partial charge on any atom is -0.487 e. The number of fused-ring (bicyclic) bond motifs is 1. The van der Waals surface area contributed by atoms with Gasteiger partial charge in [-0.1, -0.05) is 36.4 Å². The molecule has 5 rings (SSSR count). The van der Waals surface area contributed by atoms with E-state index in [0.29, 0.717) is 12.5 Å². The highest BCUT2D eigenvalue weighted by Gasteiger charge is 2.12. The molecule has 6 nitrogen and oxygen atoms in total. The number of benzene rings is 2. The molecule has 0 amide bonds. The van der Waals surface area contributed by atoms with Crippen LogP contribution >= 0.6 is 11.3 Å². The van der Waals surface area contributed by atoms with Crippen LogP contribution in [-0.2, 0) is 6.61 Å². The molecule has 0 bridgehead atoms. The Morgan fingerprint density at radius 3 is 2.73 bits per heavy atom. The van der Waals surface area contributed by atoms with Gasteiger partial charge in [-0.05, 0) is 35.9 Å². The van der Waals surface area contributed by atoms with Crippen molar-refractivity contribution in [3.63, 3.8) is 0 Å². The quantitative estimate of drug-likeness (QED) is 0.380. The topological polar surface area (TPSA) is 73.9 Å². The molecule has 2 aromatic carbocycles. The van der Waals surface area contributed by atoms with Crippen molar-refractivity contribution in [3.05, 3.63) is 101 Å². The molecule has 0 N–H and O–H groups in total. The molecule has 5 aromatic rings. The molecule has 30 heavy (non-hydrogen) atoms. The van der Waals surface area contributed by atoms with E-state index in [1.54, 1.807) is 23.0 Å². The standard InChI is InChI=1S/C23H16N4O2S/c1-2-4-22-17(3-1)5-8-18(26-22)13-28-19-9-6-16(7-10-19)21(23-27-25-14-29-23)11-20-12-24-15-30-20/h1-12,14-15H,13H2. The third-order valence-corrected chi connectivity index (χ3v) is 5.26. The van der Waals surface area contributed by atoms with Gasteiger partial charge in [-0.25, -0.2) is 4.98 Å². The van der Waals surface area contributed by atoms with Crippen LogP contribution < -0.4 is 4.74 Å². The highest BCUT2D eigenvalue weighted by Crippen LogP contribution is 2.27. The molecule has 146 valence electrons. The Hall–Kier alpha value is -3.84. The van der Waals surface area contributed by atoms with Gasteiger partial charge in [0.25, 0.3) is 0 Å². The molecule has 0 saturated carbocycles. The lowest BCUT2D eigenvalue weighted by molar-refractivity contribution is 0.302.